The van der Waals surface area contributed by atoms with E-state index in [0.29, 0.717) is 0 Å². The van der Waals surface area contributed by atoms with E-state index in [9.17, 15) is 0 Å². The summed E-state index contributed by atoms with van der Waals surface area (Å²) in [7, 11) is 0. The van der Waals surface area contributed by atoms with Gasteiger partial charge in [0.25, 0.3) is 0 Å². The Balaban J connectivity index is 0.000000210. The van der Waals surface area contributed by atoms with Crippen molar-refractivity contribution in [3.8, 4) is 0 Å². The summed E-state index contributed by atoms with van der Waals surface area (Å²) in [4.78, 5) is 7.32. The van der Waals surface area contributed by atoms with Gasteiger partial charge in [-0.3, -0.25) is 0 Å². The zero-order valence-corrected chi connectivity index (χ0v) is 9.01. The maximum atomic E-state index is 8.44. The van der Waals surface area contributed by atoms with E-state index in [0.717, 1.165) is 0 Å². The number of rotatable bonds is 0. The Hall–Kier alpha value is -1.41. The predicted octanol–water partition coefficient (Wildman–Crippen LogP) is 0.453. The van der Waals surface area contributed by atoms with Crippen LogP contribution in [0.4, 0.5) is 0 Å². The van der Waals surface area contributed by atoms with Crippen molar-refractivity contribution in [3.63, 3.8) is 0 Å². The van der Waals surface area contributed by atoms with Crippen molar-refractivity contribution in [2.75, 3.05) is 0 Å². The standard InChI is InChI=1S/2C5H4N.Cr.2O/c2*1-2-4-6-5-3-1;;;/h2*1-4H;;;/q2*-1;;;-1. The van der Waals surface area contributed by atoms with Crippen LogP contribution >= 0.6 is 0 Å². The molecule has 0 N–H and O–H groups in total. The molecule has 0 saturated carbocycles. The van der Waals surface area contributed by atoms with Crippen molar-refractivity contribution < 1.29 is 23.4 Å². The topological polar surface area (TPSA) is 65.9 Å². The Morgan fingerprint density at radius 2 is 1.33 bits per heavy atom. The van der Waals surface area contributed by atoms with Gasteiger partial charge < -0.3 is 9.97 Å². The number of hydrogen-bond acceptors (Lipinski definition) is 4. The molecule has 2 aromatic rings. The fourth-order valence-electron chi connectivity index (χ4n) is 0.555. The van der Waals surface area contributed by atoms with E-state index in [2.05, 4.69) is 22.4 Å². The van der Waals surface area contributed by atoms with Gasteiger partial charge in [0.2, 0.25) is 0 Å². The maximum absolute atomic E-state index is 8.44. The molecule has 0 radical (unpaired) electrons. The smallest absolute Gasteiger partial charge is 0.0813 e. The molecule has 0 aliphatic heterocycles. The molecule has 0 bridgehead atoms. The quantitative estimate of drug-likeness (QED) is 0.627. The molecule has 0 aromatic carbocycles. The molecule has 2 rings (SSSR count). The molecule has 0 saturated heterocycles. The third kappa shape index (κ3) is 12.6. The molecular weight excluding hydrogens is 232 g/mol. The van der Waals surface area contributed by atoms with E-state index in [1.54, 1.807) is 24.5 Å². The molecule has 0 unspecified atom stereocenters. The second-order valence-corrected chi connectivity index (χ2v) is 2.20. The van der Waals surface area contributed by atoms with E-state index in [4.69, 9.17) is 7.96 Å². The SMILES string of the molecule is [O]=[Cr][O-].[c-]1ccccn1.[c-]1ccccn1. The van der Waals surface area contributed by atoms with E-state index < -0.39 is 15.5 Å². The molecule has 4 nitrogen and oxygen atoms in total. The molecule has 2 aromatic heterocycles. The van der Waals surface area contributed by atoms with E-state index >= 15 is 0 Å². The Kier molecular flexibility index (Phi) is 11.4. The zero-order valence-electron chi connectivity index (χ0n) is 7.74. The van der Waals surface area contributed by atoms with Crippen LogP contribution in [-0.2, 0) is 19.3 Å². The summed E-state index contributed by atoms with van der Waals surface area (Å²) in [5.41, 5.74) is 0. The average molecular weight is 240 g/mol. The minimum atomic E-state index is -1.62. The third-order valence-corrected chi connectivity index (χ3v) is 1.03. The molecule has 0 aliphatic carbocycles. The molecular formula is C10H8CrN2O2-3. The Bertz CT molecular complexity index is 234. The summed E-state index contributed by atoms with van der Waals surface area (Å²) in [6.45, 7) is 0. The number of nitrogens with zero attached hydrogens (tertiary/aromatic N) is 2. The van der Waals surface area contributed by atoms with Gasteiger partial charge in [0.1, 0.15) is 0 Å². The largest absolute Gasteiger partial charge is 0.394 e. The van der Waals surface area contributed by atoms with Crippen molar-refractivity contribution >= 4 is 0 Å². The van der Waals surface area contributed by atoms with Gasteiger partial charge in [0.05, 0.1) is 0 Å². The fraction of sp³-hybridized carbons (Fsp3) is 0. The summed E-state index contributed by atoms with van der Waals surface area (Å²) in [5, 5.41) is 0. The molecule has 79 valence electrons. The van der Waals surface area contributed by atoms with Gasteiger partial charge in [0, 0.05) is 0 Å². The molecule has 0 aliphatic rings. The normalized spacial score (nSPS) is 7.27. The molecule has 15 heavy (non-hydrogen) atoms. The summed E-state index contributed by atoms with van der Waals surface area (Å²) in [5.74, 6) is 0. The van der Waals surface area contributed by atoms with Gasteiger partial charge in [0.15, 0.2) is 0 Å². The van der Waals surface area contributed by atoms with Gasteiger partial charge in [-0.2, -0.15) is 36.4 Å². The molecule has 0 spiro atoms. The first-order chi connectivity index (χ1) is 7.41. The molecule has 0 amide bonds. The molecule has 5 heteroatoms. The van der Waals surface area contributed by atoms with Gasteiger partial charge in [-0.05, 0) is 0 Å². The monoisotopic (exact) mass is 240 g/mol. The zero-order chi connectivity index (χ0) is 11.2. The maximum Gasteiger partial charge on any atom is -0.0813 e. The van der Waals surface area contributed by atoms with Crippen molar-refractivity contribution in [3.05, 3.63) is 61.2 Å². The molecule has 2 heterocycles. The van der Waals surface area contributed by atoms with Crippen molar-refractivity contribution in [1.29, 1.82) is 0 Å². The van der Waals surface area contributed by atoms with Gasteiger partial charge in [-0.25, -0.2) is 0 Å². The first-order valence-electron chi connectivity index (χ1n) is 3.87. The van der Waals surface area contributed by atoms with Crippen LogP contribution in [0.1, 0.15) is 0 Å². The van der Waals surface area contributed by atoms with Crippen molar-refractivity contribution in [1.82, 2.24) is 9.97 Å². The van der Waals surface area contributed by atoms with E-state index in [1.807, 2.05) is 24.3 Å². The van der Waals surface area contributed by atoms with Crippen molar-refractivity contribution in [2.45, 2.75) is 0 Å². The van der Waals surface area contributed by atoms with Crippen LogP contribution in [0.15, 0.2) is 48.8 Å². The third-order valence-electron chi connectivity index (χ3n) is 1.03. The summed E-state index contributed by atoms with van der Waals surface area (Å²) in [6.07, 6.45) is 8.67. The number of aromatic nitrogens is 2. The Labute approximate surface area is 94.9 Å². The van der Waals surface area contributed by atoms with Gasteiger partial charge in [-0.15, -0.1) is 0 Å². The predicted molar refractivity (Wildman–Crippen MR) is 46.8 cm³/mol. The molecule has 0 fully saturated rings. The Morgan fingerprint density at radius 1 is 0.933 bits per heavy atom. The minimum Gasteiger partial charge on any atom is -0.394 e. The minimum absolute atomic E-state index is 1.62. The first kappa shape index (κ1) is 13.6. The summed E-state index contributed by atoms with van der Waals surface area (Å²) in [6, 6.07) is 11.0. The fourth-order valence-corrected chi connectivity index (χ4v) is 0.555. The number of pyridine rings is 2. The van der Waals surface area contributed by atoms with Crippen LogP contribution in [0.25, 0.3) is 0 Å². The van der Waals surface area contributed by atoms with Gasteiger partial charge >= 0.3 is 23.4 Å². The van der Waals surface area contributed by atoms with Gasteiger partial charge in [-0.1, -0.05) is 24.8 Å². The Morgan fingerprint density at radius 3 is 1.40 bits per heavy atom. The van der Waals surface area contributed by atoms with Crippen LogP contribution in [-0.4, -0.2) is 9.97 Å². The van der Waals surface area contributed by atoms with Crippen LogP contribution < -0.4 is 4.16 Å². The second-order valence-electron chi connectivity index (χ2n) is 1.99. The van der Waals surface area contributed by atoms with Crippen LogP contribution in [0.2, 0.25) is 0 Å². The summed E-state index contributed by atoms with van der Waals surface area (Å²) >= 11 is -1.62. The number of hydrogen-bond donors (Lipinski definition) is 0. The van der Waals surface area contributed by atoms with Crippen molar-refractivity contribution in [2.24, 2.45) is 0 Å². The van der Waals surface area contributed by atoms with Crippen LogP contribution in [0, 0.1) is 12.4 Å². The van der Waals surface area contributed by atoms with Crippen LogP contribution in [0.3, 0.4) is 0 Å². The first-order valence-corrected chi connectivity index (χ1v) is 4.92. The summed E-state index contributed by atoms with van der Waals surface area (Å²) < 4.78 is 16.9. The van der Waals surface area contributed by atoms with E-state index in [1.165, 1.54) is 0 Å². The average Bonchev–Trinajstić information content (AvgIpc) is 2.35. The second kappa shape index (κ2) is 12.6. The van der Waals surface area contributed by atoms with Crippen LogP contribution in [0.5, 0.6) is 0 Å². The van der Waals surface area contributed by atoms with E-state index in [-0.39, 0.29) is 0 Å². The molecule has 0 atom stereocenters.